The summed E-state index contributed by atoms with van der Waals surface area (Å²) in [6.07, 6.45) is 0.595. The van der Waals surface area contributed by atoms with E-state index in [-0.39, 0.29) is 35.6 Å². The van der Waals surface area contributed by atoms with Gasteiger partial charge in [-0.3, -0.25) is 9.59 Å². The van der Waals surface area contributed by atoms with Gasteiger partial charge in [-0.05, 0) is 61.4 Å². The topological polar surface area (TPSA) is 40.6 Å². The standard InChI is InChI=1S/C27H27FN2O2/c1-18(2)26(31)29-19(3)17-25(23-11-7-8-12-24(23)29)30(22-9-5-4-6-10-22)27(32)20-13-15-21(28)16-14-20/h4-16,18-19,25H,17H2,1-3H3/t19-,25+/m1/s1. The summed E-state index contributed by atoms with van der Waals surface area (Å²) >= 11 is 0. The van der Waals surface area contributed by atoms with Crippen molar-refractivity contribution in [2.75, 3.05) is 9.80 Å². The molecule has 0 radical (unpaired) electrons. The normalized spacial score (nSPS) is 17.7. The number of rotatable bonds is 4. The Hall–Kier alpha value is -3.47. The van der Waals surface area contributed by atoms with Crippen LogP contribution >= 0.6 is 0 Å². The average molecular weight is 431 g/mol. The van der Waals surface area contributed by atoms with Crippen LogP contribution in [-0.4, -0.2) is 17.9 Å². The van der Waals surface area contributed by atoms with Crippen LogP contribution in [0.2, 0.25) is 0 Å². The van der Waals surface area contributed by atoms with Crippen molar-refractivity contribution in [3.05, 3.63) is 95.8 Å². The molecule has 0 aliphatic carbocycles. The molecule has 0 bridgehead atoms. The van der Waals surface area contributed by atoms with E-state index < -0.39 is 0 Å². The van der Waals surface area contributed by atoms with Crippen molar-refractivity contribution in [3.63, 3.8) is 0 Å². The summed E-state index contributed by atoms with van der Waals surface area (Å²) in [5.41, 5.74) is 2.94. The molecule has 0 spiro atoms. The van der Waals surface area contributed by atoms with Crippen molar-refractivity contribution >= 4 is 23.2 Å². The SMILES string of the molecule is CC(C)C(=O)N1c2ccccc2[C@@H](N(C(=O)c2ccc(F)cc2)c2ccccc2)C[C@H]1C. The highest BCUT2D eigenvalue weighted by Gasteiger charge is 2.39. The molecular weight excluding hydrogens is 403 g/mol. The van der Waals surface area contributed by atoms with Crippen molar-refractivity contribution in [3.8, 4) is 0 Å². The molecule has 164 valence electrons. The number of amides is 2. The van der Waals surface area contributed by atoms with Crippen LogP contribution in [-0.2, 0) is 4.79 Å². The number of carbonyl (C=O) groups excluding carboxylic acids is 2. The number of halogens is 1. The molecule has 32 heavy (non-hydrogen) atoms. The zero-order chi connectivity index (χ0) is 22.8. The predicted molar refractivity (Wildman–Crippen MR) is 125 cm³/mol. The first kappa shape index (κ1) is 21.8. The zero-order valence-corrected chi connectivity index (χ0v) is 18.5. The molecule has 1 aliphatic rings. The summed E-state index contributed by atoms with van der Waals surface area (Å²) in [6, 6.07) is 22.6. The number of hydrogen-bond donors (Lipinski definition) is 0. The van der Waals surface area contributed by atoms with Gasteiger partial charge in [0.2, 0.25) is 5.91 Å². The maximum atomic E-state index is 13.7. The third-order valence-electron chi connectivity index (χ3n) is 5.95. The van der Waals surface area contributed by atoms with Crippen LogP contribution in [0.25, 0.3) is 0 Å². The summed E-state index contributed by atoms with van der Waals surface area (Å²) < 4.78 is 13.5. The molecular formula is C27H27FN2O2. The van der Waals surface area contributed by atoms with Crippen LogP contribution < -0.4 is 9.80 Å². The van der Waals surface area contributed by atoms with E-state index >= 15 is 0 Å². The van der Waals surface area contributed by atoms with E-state index in [1.165, 1.54) is 24.3 Å². The molecule has 4 nitrogen and oxygen atoms in total. The van der Waals surface area contributed by atoms with Gasteiger partial charge in [0.15, 0.2) is 0 Å². The average Bonchev–Trinajstić information content (AvgIpc) is 2.80. The number of fused-ring (bicyclic) bond motifs is 1. The van der Waals surface area contributed by atoms with Gasteiger partial charge in [-0.1, -0.05) is 50.2 Å². The van der Waals surface area contributed by atoms with E-state index in [0.717, 1.165) is 16.9 Å². The smallest absolute Gasteiger partial charge is 0.258 e. The van der Waals surface area contributed by atoms with Gasteiger partial charge in [-0.2, -0.15) is 0 Å². The first-order valence-electron chi connectivity index (χ1n) is 10.9. The number of anilines is 2. The summed E-state index contributed by atoms with van der Waals surface area (Å²) in [5, 5.41) is 0. The molecule has 1 heterocycles. The maximum absolute atomic E-state index is 13.7. The molecule has 0 unspecified atom stereocenters. The molecule has 3 aromatic rings. The molecule has 1 aliphatic heterocycles. The van der Waals surface area contributed by atoms with Gasteiger partial charge in [0.1, 0.15) is 5.82 Å². The van der Waals surface area contributed by atoms with E-state index in [1.54, 1.807) is 4.90 Å². The number of hydrogen-bond acceptors (Lipinski definition) is 2. The molecule has 0 aromatic heterocycles. The first-order valence-corrected chi connectivity index (χ1v) is 10.9. The molecule has 5 heteroatoms. The largest absolute Gasteiger partial charge is 0.309 e. The van der Waals surface area contributed by atoms with Gasteiger partial charge in [-0.15, -0.1) is 0 Å². The summed E-state index contributed by atoms with van der Waals surface area (Å²) in [4.78, 5) is 30.4. The first-order chi connectivity index (χ1) is 15.4. The van der Waals surface area contributed by atoms with Crippen molar-refractivity contribution in [2.24, 2.45) is 5.92 Å². The molecule has 0 fully saturated rings. The monoisotopic (exact) mass is 430 g/mol. The zero-order valence-electron chi connectivity index (χ0n) is 18.5. The van der Waals surface area contributed by atoms with Gasteiger partial charge in [0.05, 0.1) is 6.04 Å². The van der Waals surface area contributed by atoms with Crippen LogP contribution in [0.3, 0.4) is 0 Å². The molecule has 2 atom stereocenters. The summed E-state index contributed by atoms with van der Waals surface area (Å²) in [6.45, 7) is 5.82. The van der Waals surface area contributed by atoms with Crippen LogP contribution in [0.5, 0.6) is 0 Å². The molecule has 2 amide bonds. The molecule has 0 N–H and O–H groups in total. The Balaban J connectivity index is 1.84. The second kappa shape index (κ2) is 8.95. The van der Waals surface area contributed by atoms with Crippen LogP contribution in [0.1, 0.15) is 49.2 Å². The Bertz CT molecular complexity index is 1110. The number of para-hydroxylation sites is 2. The molecule has 0 saturated heterocycles. The fourth-order valence-electron chi connectivity index (χ4n) is 4.40. The van der Waals surface area contributed by atoms with Gasteiger partial charge < -0.3 is 9.80 Å². The van der Waals surface area contributed by atoms with E-state index in [9.17, 15) is 14.0 Å². The minimum absolute atomic E-state index is 0.0690. The van der Waals surface area contributed by atoms with Gasteiger partial charge in [-0.25, -0.2) is 4.39 Å². The summed E-state index contributed by atoms with van der Waals surface area (Å²) in [7, 11) is 0. The minimum atomic E-state index is -0.382. The van der Waals surface area contributed by atoms with Crippen LogP contribution in [0.4, 0.5) is 15.8 Å². The van der Waals surface area contributed by atoms with E-state index in [4.69, 9.17) is 0 Å². The van der Waals surface area contributed by atoms with Crippen molar-refractivity contribution in [1.82, 2.24) is 0 Å². The Morgan fingerprint density at radius 3 is 2.22 bits per heavy atom. The molecule has 3 aromatic carbocycles. The fourth-order valence-corrected chi connectivity index (χ4v) is 4.40. The van der Waals surface area contributed by atoms with Gasteiger partial charge >= 0.3 is 0 Å². The minimum Gasteiger partial charge on any atom is -0.309 e. The lowest BCUT2D eigenvalue weighted by Gasteiger charge is -2.44. The second-order valence-electron chi connectivity index (χ2n) is 8.54. The highest BCUT2D eigenvalue weighted by molar-refractivity contribution is 6.07. The highest BCUT2D eigenvalue weighted by atomic mass is 19.1. The number of carbonyl (C=O) groups is 2. The van der Waals surface area contributed by atoms with E-state index in [1.807, 2.05) is 80.3 Å². The van der Waals surface area contributed by atoms with E-state index in [2.05, 4.69) is 0 Å². The third-order valence-corrected chi connectivity index (χ3v) is 5.95. The lowest BCUT2D eigenvalue weighted by molar-refractivity contribution is -0.122. The van der Waals surface area contributed by atoms with Crippen LogP contribution in [0.15, 0.2) is 78.9 Å². The quantitative estimate of drug-likeness (QED) is 0.510. The lowest BCUT2D eigenvalue weighted by Crippen LogP contribution is -2.49. The third kappa shape index (κ3) is 4.03. The molecule has 0 saturated carbocycles. The van der Waals surface area contributed by atoms with Crippen LogP contribution in [0, 0.1) is 11.7 Å². The molecule has 4 rings (SSSR count). The Labute approximate surface area is 188 Å². The van der Waals surface area contributed by atoms with Crippen molar-refractivity contribution < 1.29 is 14.0 Å². The summed E-state index contributed by atoms with van der Waals surface area (Å²) in [5.74, 6) is -0.647. The van der Waals surface area contributed by atoms with E-state index in [0.29, 0.717) is 12.0 Å². The van der Waals surface area contributed by atoms with Crippen molar-refractivity contribution in [2.45, 2.75) is 39.3 Å². The van der Waals surface area contributed by atoms with Gasteiger partial charge in [0.25, 0.3) is 5.91 Å². The Kier molecular flexibility index (Phi) is 6.08. The second-order valence-corrected chi connectivity index (χ2v) is 8.54. The van der Waals surface area contributed by atoms with Gasteiger partial charge in [0, 0.05) is 28.9 Å². The number of nitrogens with zero attached hydrogens (tertiary/aromatic N) is 2. The Morgan fingerprint density at radius 1 is 0.938 bits per heavy atom. The number of benzene rings is 3. The highest BCUT2D eigenvalue weighted by Crippen LogP contribution is 2.43. The maximum Gasteiger partial charge on any atom is 0.258 e. The lowest BCUT2D eigenvalue weighted by atomic mass is 9.88. The predicted octanol–water partition coefficient (Wildman–Crippen LogP) is 6.00. The van der Waals surface area contributed by atoms with Crippen molar-refractivity contribution in [1.29, 1.82) is 0 Å². The fraction of sp³-hybridized carbons (Fsp3) is 0.259. The Morgan fingerprint density at radius 2 is 1.56 bits per heavy atom.